The van der Waals surface area contributed by atoms with Crippen molar-refractivity contribution in [3.63, 3.8) is 0 Å². The van der Waals surface area contributed by atoms with Crippen molar-refractivity contribution in [3.05, 3.63) is 108 Å². The fourth-order valence-corrected chi connectivity index (χ4v) is 4.38. The minimum atomic E-state index is -0.416. The Labute approximate surface area is 199 Å². The monoisotopic (exact) mass is 451 g/mol. The van der Waals surface area contributed by atoms with Gasteiger partial charge in [0.2, 0.25) is 5.91 Å². The van der Waals surface area contributed by atoms with Crippen LogP contribution in [0.4, 0.5) is 0 Å². The predicted octanol–water partition coefficient (Wildman–Crippen LogP) is 5.80. The molecule has 172 valence electrons. The Balaban J connectivity index is 1.36. The molecular weight excluding hydrogens is 422 g/mol. The highest BCUT2D eigenvalue weighted by molar-refractivity contribution is 5.86. The number of amides is 1. The summed E-state index contributed by atoms with van der Waals surface area (Å²) in [5, 5.41) is 8.84. The molecule has 2 unspecified atom stereocenters. The van der Waals surface area contributed by atoms with Gasteiger partial charge in [-0.2, -0.15) is 0 Å². The average Bonchev–Trinajstić information content (AvgIpc) is 3.45. The molecule has 5 heteroatoms. The third-order valence-electron chi connectivity index (χ3n) is 6.35. The van der Waals surface area contributed by atoms with E-state index >= 15 is 0 Å². The Morgan fingerprint density at radius 3 is 2.59 bits per heavy atom. The summed E-state index contributed by atoms with van der Waals surface area (Å²) in [6.45, 7) is 4.55. The number of fused-ring (bicyclic) bond motifs is 2. The van der Waals surface area contributed by atoms with Crippen LogP contribution < -0.4 is 10.6 Å². The van der Waals surface area contributed by atoms with E-state index in [0.29, 0.717) is 13.0 Å². The Hall–Kier alpha value is -3.83. The van der Waals surface area contributed by atoms with Crippen LogP contribution in [0.15, 0.2) is 89.5 Å². The van der Waals surface area contributed by atoms with Crippen molar-refractivity contribution in [1.29, 1.82) is 0 Å². The molecule has 0 aliphatic carbocycles. The number of aromatic nitrogens is 1. The van der Waals surface area contributed by atoms with Gasteiger partial charge >= 0.3 is 0 Å². The van der Waals surface area contributed by atoms with E-state index < -0.39 is 6.04 Å². The zero-order chi connectivity index (χ0) is 23.5. The number of rotatable bonds is 8. The summed E-state index contributed by atoms with van der Waals surface area (Å²) in [5.41, 5.74) is 5.32. The number of benzene rings is 3. The summed E-state index contributed by atoms with van der Waals surface area (Å²) in [4.78, 5) is 16.8. The first-order valence-electron chi connectivity index (χ1n) is 11.7. The first-order chi connectivity index (χ1) is 16.6. The van der Waals surface area contributed by atoms with Crippen molar-refractivity contribution in [2.24, 2.45) is 0 Å². The van der Waals surface area contributed by atoms with E-state index in [4.69, 9.17) is 4.42 Å². The zero-order valence-electron chi connectivity index (χ0n) is 19.5. The largest absolute Gasteiger partial charge is 0.460 e. The molecule has 2 atom stereocenters. The molecule has 3 N–H and O–H groups in total. The van der Waals surface area contributed by atoms with E-state index in [2.05, 4.69) is 58.9 Å². The third kappa shape index (κ3) is 4.75. The van der Waals surface area contributed by atoms with Gasteiger partial charge in [-0.3, -0.25) is 10.1 Å². The first kappa shape index (κ1) is 22.0. The number of aromatic amines is 1. The number of H-pyrrole nitrogens is 1. The number of nitrogens with one attached hydrogen (secondary N) is 3. The number of hydrogen-bond donors (Lipinski definition) is 3. The maximum Gasteiger partial charge on any atom is 0.237 e. The molecule has 3 aromatic carbocycles. The second-order valence-corrected chi connectivity index (χ2v) is 8.89. The first-order valence-corrected chi connectivity index (χ1v) is 11.7. The van der Waals surface area contributed by atoms with Gasteiger partial charge in [-0.1, -0.05) is 66.2 Å². The molecular formula is C29H29N3O2. The molecule has 0 aliphatic heterocycles. The second-order valence-electron chi connectivity index (χ2n) is 8.89. The Morgan fingerprint density at radius 1 is 1.00 bits per heavy atom. The van der Waals surface area contributed by atoms with Crippen molar-refractivity contribution in [2.75, 3.05) is 0 Å². The molecule has 0 bridgehead atoms. The maximum atomic E-state index is 13.4. The lowest BCUT2D eigenvalue weighted by Gasteiger charge is -2.21. The van der Waals surface area contributed by atoms with Crippen molar-refractivity contribution in [2.45, 2.75) is 38.9 Å². The minimum Gasteiger partial charge on any atom is -0.460 e. The van der Waals surface area contributed by atoms with Gasteiger partial charge < -0.3 is 14.7 Å². The number of furan rings is 1. The smallest absolute Gasteiger partial charge is 0.237 e. The lowest BCUT2D eigenvalue weighted by Crippen LogP contribution is -2.46. The SMILES string of the molecule is Cc1ccc(C(C)NC(=O)C(Cc2c[nH]c3ccccc23)NCc2cc3ccccc3o2)cc1. The highest BCUT2D eigenvalue weighted by Crippen LogP contribution is 2.22. The van der Waals surface area contributed by atoms with Crippen LogP contribution in [-0.2, 0) is 17.8 Å². The lowest BCUT2D eigenvalue weighted by molar-refractivity contribution is -0.123. The number of aryl methyl sites for hydroxylation is 1. The second kappa shape index (κ2) is 9.57. The predicted molar refractivity (Wildman–Crippen MR) is 137 cm³/mol. The van der Waals surface area contributed by atoms with Gasteiger partial charge in [-0.15, -0.1) is 0 Å². The molecule has 2 heterocycles. The van der Waals surface area contributed by atoms with Gasteiger partial charge in [0.1, 0.15) is 11.3 Å². The lowest BCUT2D eigenvalue weighted by atomic mass is 10.0. The molecule has 0 saturated carbocycles. The van der Waals surface area contributed by atoms with Crippen LogP contribution >= 0.6 is 0 Å². The van der Waals surface area contributed by atoms with E-state index in [-0.39, 0.29) is 11.9 Å². The van der Waals surface area contributed by atoms with E-state index in [1.54, 1.807) is 0 Å². The molecule has 0 saturated heterocycles. The zero-order valence-corrected chi connectivity index (χ0v) is 19.5. The van der Waals surface area contributed by atoms with E-state index in [9.17, 15) is 4.79 Å². The molecule has 0 spiro atoms. The van der Waals surface area contributed by atoms with E-state index in [0.717, 1.165) is 38.8 Å². The van der Waals surface area contributed by atoms with Crippen LogP contribution in [0, 0.1) is 6.92 Å². The summed E-state index contributed by atoms with van der Waals surface area (Å²) < 4.78 is 5.96. The maximum absolute atomic E-state index is 13.4. The third-order valence-corrected chi connectivity index (χ3v) is 6.35. The highest BCUT2D eigenvalue weighted by Gasteiger charge is 2.22. The van der Waals surface area contributed by atoms with Gasteiger partial charge in [0.25, 0.3) is 0 Å². The fraction of sp³-hybridized carbons (Fsp3) is 0.207. The molecule has 2 aromatic heterocycles. The molecule has 5 aromatic rings. The van der Waals surface area contributed by atoms with Crippen LogP contribution in [0.5, 0.6) is 0 Å². The van der Waals surface area contributed by atoms with Gasteiger partial charge in [0.05, 0.1) is 18.6 Å². The quantitative estimate of drug-likeness (QED) is 0.279. The Kier molecular flexibility index (Phi) is 6.19. The summed E-state index contributed by atoms with van der Waals surface area (Å²) in [6, 6.07) is 25.9. The van der Waals surface area contributed by atoms with Gasteiger partial charge in [0.15, 0.2) is 0 Å². The van der Waals surface area contributed by atoms with Gasteiger partial charge in [-0.05, 0) is 49.6 Å². The van der Waals surface area contributed by atoms with Gasteiger partial charge in [-0.25, -0.2) is 0 Å². The minimum absolute atomic E-state index is 0.0329. The normalized spacial score (nSPS) is 13.2. The summed E-state index contributed by atoms with van der Waals surface area (Å²) in [5.74, 6) is 0.777. The van der Waals surface area contributed by atoms with Gasteiger partial charge in [0, 0.05) is 22.5 Å². The van der Waals surface area contributed by atoms with Crippen molar-refractivity contribution in [1.82, 2.24) is 15.6 Å². The summed E-state index contributed by atoms with van der Waals surface area (Å²) in [6.07, 6.45) is 2.56. The van der Waals surface area contributed by atoms with Crippen molar-refractivity contribution >= 4 is 27.8 Å². The molecule has 34 heavy (non-hydrogen) atoms. The summed E-state index contributed by atoms with van der Waals surface area (Å²) in [7, 11) is 0. The van der Waals surface area contributed by atoms with Crippen LogP contribution in [0.1, 0.15) is 35.4 Å². The topological polar surface area (TPSA) is 70.1 Å². The molecule has 5 nitrogen and oxygen atoms in total. The van der Waals surface area contributed by atoms with Crippen LogP contribution in [0.2, 0.25) is 0 Å². The molecule has 0 aliphatic rings. The Bertz CT molecular complexity index is 1380. The van der Waals surface area contributed by atoms with E-state index in [1.807, 2.05) is 55.6 Å². The molecule has 0 fully saturated rings. The average molecular weight is 452 g/mol. The van der Waals surface area contributed by atoms with Crippen molar-refractivity contribution < 1.29 is 9.21 Å². The number of carbonyl (C=O) groups excluding carboxylic acids is 1. The number of hydrogen-bond acceptors (Lipinski definition) is 3. The molecule has 5 rings (SSSR count). The molecule has 0 radical (unpaired) electrons. The number of para-hydroxylation sites is 2. The Morgan fingerprint density at radius 2 is 1.76 bits per heavy atom. The number of carbonyl (C=O) groups is 1. The summed E-state index contributed by atoms with van der Waals surface area (Å²) >= 11 is 0. The standard InChI is InChI=1S/C29H29N3O2/c1-19-11-13-21(14-12-19)20(2)32-29(33)27(16-23-17-30-26-9-5-4-8-25(23)26)31-18-24-15-22-7-3-6-10-28(22)34-24/h3-15,17,20,27,30-31H,16,18H2,1-2H3,(H,32,33). The van der Waals surface area contributed by atoms with Crippen LogP contribution in [-0.4, -0.2) is 16.9 Å². The van der Waals surface area contributed by atoms with Crippen LogP contribution in [0.25, 0.3) is 21.9 Å². The van der Waals surface area contributed by atoms with Crippen molar-refractivity contribution in [3.8, 4) is 0 Å². The molecule has 1 amide bonds. The van der Waals surface area contributed by atoms with Crippen LogP contribution in [0.3, 0.4) is 0 Å². The van der Waals surface area contributed by atoms with E-state index in [1.165, 1.54) is 5.56 Å². The fourth-order valence-electron chi connectivity index (χ4n) is 4.38. The highest BCUT2D eigenvalue weighted by atomic mass is 16.3.